The SMILES string of the molecule is Oc1ccc(-c2c(F)c(F)c(Cc3c(F)c(F)c(SF)c(F)c3F)c3c(F)c(F)c(F)c(F)c23)cc1. The van der Waals surface area contributed by atoms with E-state index in [2.05, 4.69) is 0 Å². The number of rotatable bonds is 4. The van der Waals surface area contributed by atoms with Crippen LogP contribution in [0.3, 0.4) is 0 Å². The van der Waals surface area contributed by atoms with E-state index in [9.17, 15) is 44.1 Å². The molecule has 0 heterocycles. The van der Waals surface area contributed by atoms with E-state index in [0.29, 0.717) is 0 Å². The van der Waals surface area contributed by atoms with Gasteiger partial charge in [-0.05, 0) is 17.7 Å². The molecule has 0 aliphatic rings. The Morgan fingerprint density at radius 1 is 0.528 bits per heavy atom. The Balaban J connectivity index is 2.15. The molecule has 0 saturated carbocycles. The van der Waals surface area contributed by atoms with Gasteiger partial charge >= 0.3 is 0 Å². The Hall–Kier alpha value is -3.48. The zero-order valence-corrected chi connectivity index (χ0v) is 17.8. The van der Waals surface area contributed by atoms with Gasteiger partial charge in [-0.2, -0.15) is 3.89 Å². The maximum Gasteiger partial charge on any atom is 0.198 e. The molecular weight excluding hydrogens is 533 g/mol. The van der Waals surface area contributed by atoms with Crippen LogP contribution in [0.2, 0.25) is 0 Å². The van der Waals surface area contributed by atoms with E-state index in [1.54, 1.807) is 0 Å². The molecule has 4 aromatic rings. The summed E-state index contributed by atoms with van der Waals surface area (Å²) in [7, 11) is 0. The highest BCUT2D eigenvalue weighted by molar-refractivity contribution is 7.94. The lowest BCUT2D eigenvalue weighted by atomic mass is 9.90. The summed E-state index contributed by atoms with van der Waals surface area (Å²) in [6, 6.07) is 3.62. The van der Waals surface area contributed by atoms with Crippen molar-refractivity contribution in [3.63, 3.8) is 0 Å². The molecule has 188 valence electrons. The van der Waals surface area contributed by atoms with Gasteiger partial charge in [0, 0.05) is 33.9 Å². The summed E-state index contributed by atoms with van der Waals surface area (Å²) < 4.78 is 158. The quantitative estimate of drug-likeness (QED) is 0.160. The van der Waals surface area contributed by atoms with Crippen molar-refractivity contribution in [2.75, 3.05) is 0 Å². The van der Waals surface area contributed by atoms with Gasteiger partial charge in [-0.25, -0.2) is 43.9 Å². The number of phenolic OH excluding ortho intramolecular Hbond substituents is 1. The first-order valence-electron chi connectivity index (χ1n) is 9.50. The van der Waals surface area contributed by atoms with Crippen molar-refractivity contribution >= 4 is 22.9 Å². The predicted octanol–water partition coefficient (Wildman–Crippen LogP) is 8.17. The van der Waals surface area contributed by atoms with Gasteiger partial charge < -0.3 is 5.11 Å². The average Bonchev–Trinajstić information content (AvgIpc) is 2.86. The standard InChI is InChI=1S/C23H7F11OS/c24-13-8(5-9-14(25)21(32)23(36-34)22(33)15(9)26)11-12(18(29)20(31)19(30)17(11)28)10(16(13)27)6-1-3-7(35)4-2-6/h1-4,35H,5H2. The fourth-order valence-electron chi connectivity index (χ4n) is 3.73. The molecule has 0 bridgehead atoms. The molecule has 0 spiro atoms. The van der Waals surface area contributed by atoms with Crippen molar-refractivity contribution in [2.24, 2.45) is 0 Å². The number of fused-ring (bicyclic) bond motifs is 1. The molecule has 0 atom stereocenters. The smallest absolute Gasteiger partial charge is 0.198 e. The lowest BCUT2D eigenvalue weighted by Gasteiger charge is -2.18. The van der Waals surface area contributed by atoms with E-state index in [4.69, 9.17) is 0 Å². The second-order valence-electron chi connectivity index (χ2n) is 7.35. The fourth-order valence-corrected chi connectivity index (χ4v) is 4.05. The molecule has 0 aromatic heterocycles. The van der Waals surface area contributed by atoms with Crippen LogP contribution < -0.4 is 0 Å². The van der Waals surface area contributed by atoms with Crippen LogP contribution in [0.25, 0.3) is 21.9 Å². The van der Waals surface area contributed by atoms with E-state index in [1.165, 1.54) is 0 Å². The molecule has 13 heteroatoms. The van der Waals surface area contributed by atoms with Gasteiger partial charge in [0.05, 0.1) is 12.1 Å². The van der Waals surface area contributed by atoms with Gasteiger partial charge in [0.2, 0.25) is 0 Å². The van der Waals surface area contributed by atoms with Crippen molar-refractivity contribution in [2.45, 2.75) is 11.3 Å². The van der Waals surface area contributed by atoms with Crippen LogP contribution in [0.1, 0.15) is 11.1 Å². The van der Waals surface area contributed by atoms with Crippen LogP contribution in [0, 0.1) is 58.2 Å². The number of phenols is 1. The molecule has 0 unspecified atom stereocenters. The Kier molecular flexibility index (Phi) is 6.54. The first-order valence-corrected chi connectivity index (χ1v) is 10.2. The lowest BCUT2D eigenvalue weighted by Crippen LogP contribution is -2.11. The van der Waals surface area contributed by atoms with Crippen LogP contribution in [-0.4, -0.2) is 5.11 Å². The largest absolute Gasteiger partial charge is 0.508 e. The first-order chi connectivity index (χ1) is 16.9. The Bertz CT molecular complexity index is 1520. The Morgan fingerprint density at radius 2 is 1.00 bits per heavy atom. The molecule has 4 rings (SSSR count). The summed E-state index contributed by atoms with van der Waals surface area (Å²) >= 11 is -1.20. The zero-order chi connectivity index (χ0) is 26.6. The second kappa shape index (κ2) is 9.19. The maximum absolute atomic E-state index is 15.2. The minimum atomic E-state index is -2.49. The summed E-state index contributed by atoms with van der Waals surface area (Å²) in [5.41, 5.74) is -4.81. The number of hydrogen-bond acceptors (Lipinski definition) is 2. The van der Waals surface area contributed by atoms with E-state index >= 15 is 8.78 Å². The van der Waals surface area contributed by atoms with Gasteiger partial charge in [-0.3, -0.25) is 0 Å². The van der Waals surface area contributed by atoms with Crippen molar-refractivity contribution in [1.82, 2.24) is 0 Å². The summed E-state index contributed by atoms with van der Waals surface area (Å²) in [5.74, 6) is -23.1. The van der Waals surface area contributed by atoms with Gasteiger partial charge in [0.1, 0.15) is 10.6 Å². The molecule has 0 fully saturated rings. The minimum absolute atomic E-state index is 0.394. The molecule has 1 nitrogen and oxygen atoms in total. The maximum atomic E-state index is 15.2. The molecule has 0 saturated heterocycles. The van der Waals surface area contributed by atoms with Gasteiger partial charge in [0.15, 0.2) is 58.2 Å². The molecule has 0 aliphatic heterocycles. The summed E-state index contributed by atoms with van der Waals surface area (Å²) in [6.07, 6.45) is -1.72. The summed E-state index contributed by atoms with van der Waals surface area (Å²) in [6.45, 7) is 0. The molecule has 4 aromatic carbocycles. The molecule has 0 aliphatic carbocycles. The third-order valence-corrected chi connectivity index (χ3v) is 5.91. The summed E-state index contributed by atoms with van der Waals surface area (Å²) in [4.78, 5) is -1.74. The number of hydrogen-bond donors (Lipinski definition) is 1. The van der Waals surface area contributed by atoms with Crippen LogP contribution in [0.5, 0.6) is 5.75 Å². The van der Waals surface area contributed by atoms with E-state index in [0.717, 1.165) is 24.3 Å². The fraction of sp³-hybridized carbons (Fsp3) is 0.0435. The van der Waals surface area contributed by atoms with Crippen LogP contribution in [0.4, 0.5) is 47.8 Å². The number of halogens is 11. The van der Waals surface area contributed by atoms with Gasteiger partial charge in [0.25, 0.3) is 0 Å². The van der Waals surface area contributed by atoms with Gasteiger partial charge in [-0.1, -0.05) is 12.1 Å². The Labute approximate surface area is 198 Å². The lowest BCUT2D eigenvalue weighted by molar-refractivity contribution is 0.411. The van der Waals surface area contributed by atoms with Crippen molar-refractivity contribution < 1.29 is 52.9 Å². The normalized spacial score (nSPS) is 11.5. The minimum Gasteiger partial charge on any atom is -0.508 e. The topological polar surface area (TPSA) is 20.2 Å². The highest BCUT2D eigenvalue weighted by Crippen LogP contribution is 2.42. The Morgan fingerprint density at radius 3 is 1.50 bits per heavy atom. The monoisotopic (exact) mass is 540 g/mol. The number of aromatic hydroxyl groups is 1. The molecule has 0 radical (unpaired) electrons. The van der Waals surface area contributed by atoms with Crippen molar-refractivity contribution in [3.8, 4) is 16.9 Å². The third kappa shape index (κ3) is 3.72. The average molecular weight is 540 g/mol. The molecular formula is C23H7F11OS. The zero-order valence-electron chi connectivity index (χ0n) is 17.0. The van der Waals surface area contributed by atoms with Crippen molar-refractivity contribution in [1.29, 1.82) is 0 Å². The van der Waals surface area contributed by atoms with Gasteiger partial charge in [-0.15, -0.1) is 0 Å². The highest BCUT2D eigenvalue weighted by Gasteiger charge is 2.33. The first kappa shape index (κ1) is 25.6. The van der Waals surface area contributed by atoms with Crippen LogP contribution in [-0.2, 0) is 6.42 Å². The predicted molar refractivity (Wildman–Crippen MR) is 107 cm³/mol. The number of benzene rings is 4. The molecule has 0 amide bonds. The highest BCUT2D eigenvalue weighted by atomic mass is 32.2. The molecule has 36 heavy (non-hydrogen) atoms. The molecule has 1 N–H and O–H groups in total. The second-order valence-corrected chi connectivity index (χ2v) is 7.91. The van der Waals surface area contributed by atoms with E-state index in [-0.39, 0.29) is 0 Å². The third-order valence-electron chi connectivity index (χ3n) is 5.40. The van der Waals surface area contributed by atoms with E-state index < -0.39 is 120 Å². The van der Waals surface area contributed by atoms with Crippen LogP contribution in [0.15, 0.2) is 29.2 Å². The van der Waals surface area contributed by atoms with Crippen molar-refractivity contribution in [3.05, 3.63) is 93.6 Å². The summed E-state index contributed by atoms with van der Waals surface area (Å²) in [5, 5.41) is 6.48. The van der Waals surface area contributed by atoms with Crippen LogP contribution >= 0.6 is 12.1 Å². The van der Waals surface area contributed by atoms with E-state index in [1.807, 2.05) is 0 Å².